The Morgan fingerprint density at radius 3 is 2.06 bits per heavy atom. The molecule has 0 aliphatic heterocycles. The van der Waals surface area contributed by atoms with Crippen LogP contribution in [0, 0.1) is 0 Å². The summed E-state index contributed by atoms with van der Waals surface area (Å²) in [6.45, 7) is 0. The highest BCUT2D eigenvalue weighted by atomic mass is 16.3. The molecule has 242 valence electrons. The lowest BCUT2D eigenvalue weighted by Gasteiger charge is -2.08. The van der Waals surface area contributed by atoms with Gasteiger partial charge in [-0.15, -0.1) is 0 Å². The summed E-state index contributed by atoms with van der Waals surface area (Å²) in [5.74, 6) is 0. The molecule has 0 amide bonds. The van der Waals surface area contributed by atoms with E-state index in [2.05, 4.69) is 9.97 Å². The van der Waals surface area contributed by atoms with Crippen LogP contribution in [0.4, 0.5) is 0 Å². The molecule has 7 aromatic carbocycles. The van der Waals surface area contributed by atoms with Crippen LogP contribution in [0.2, 0.25) is 0 Å². The molecular formula is C46H25N3O3. The van der Waals surface area contributed by atoms with Crippen molar-refractivity contribution in [2.75, 3.05) is 0 Å². The molecule has 0 unspecified atom stereocenters. The van der Waals surface area contributed by atoms with Gasteiger partial charge in [0.2, 0.25) is 0 Å². The van der Waals surface area contributed by atoms with E-state index in [0.29, 0.717) is 0 Å². The van der Waals surface area contributed by atoms with Gasteiger partial charge in [-0.3, -0.25) is 0 Å². The summed E-state index contributed by atoms with van der Waals surface area (Å²) in [5, 5.41) is -0.949. The number of furan rings is 3. The molecule has 0 saturated carbocycles. The Hall–Kier alpha value is -7.18. The Labute approximate surface area is 324 Å². The summed E-state index contributed by atoms with van der Waals surface area (Å²) in [6.07, 6.45) is 1.07. The first-order chi connectivity index (χ1) is 34.5. The lowest BCUT2D eigenvalue weighted by Crippen LogP contribution is -1.93. The fraction of sp³-hybridized carbons (Fsp3) is 0. The Morgan fingerprint density at radius 2 is 1.19 bits per heavy atom. The molecule has 0 bridgehead atoms. The average molecular weight is 689 g/mol. The molecule has 52 heavy (non-hydrogen) atoms. The molecular weight excluding hydrogens is 643 g/mol. The molecule has 0 aliphatic rings. The van der Waals surface area contributed by atoms with Crippen LogP contribution in [0.1, 0.15) is 28.8 Å². The van der Waals surface area contributed by atoms with E-state index in [-0.39, 0.29) is 88.0 Å². The van der Waals surface area contributed by atoms with Gasteiger partial charge in [0.05, 0.1) is 45.2 Å². The third-order valence-electron chi connectivity index (χ3n) is 9.01. The van der Waals surface area contributed by atoms with E-state index in [1.165, 1.54) is 22.8 Å². The highest BCUT2D eigenvalue weighted by molar-refractivity contribution is 6.24. The van der Waals surface area contributed by atoms with Gasteiger partial charge in [0.1, 0.15) is 45.5 Å². The van der Waals surface area contributed by atoms with Crippen LogP contribution in [0.3, 0.4) is 0 Å². The number of aromatic nitrogens is 3. The molecule has 12 rings (SSSR count). The van der Waals surface area contributed by atoms with Gasteiger partial charge in [-0.05, 0) is 60.0 Å². The highest BCUT2D eigenvalue weighted by Crippen LogP contribution is 2.42. The maximum Gasteiger partial charge on any atom is 0.180 e. The van der Waals surface area contributed by atoms with E-state index in [4.69, 9.17) is 37.9 Å². The predicted octanol–water partition coefficient (Wildman–Crippen LogP) is 12.6. The molecule has 6 nitrogen and oxygen atoms in total. The monoisotopic (exact) mass is 688 g/mol. The third-order valence-corrected chi connectivity index (χ3v) is 9.01. The van der Waals surface area contributed by atoms with Gasteiger partial charge in [-0.25, -0.2) is 9.97 Å². The van der Waals surface area contributed by atoms with E-state index in [0.717, 1.165) is 6.33 Å². The third kappa shape index (κ3) is 3.72. The van der Waals surface area contributed by atoms with Gasteiger partial charge in [0.25, 0.3) is 0 Å². The number of rotatable bonds is 3. The lowest BCUT2D eigenvalue weighted by molar-refractivity contribution is 0.667. The molecule has 0 radical (unpaired) electrons. The molecule has 0 atom stereocenters. The molecule has 0 N–H and O–H groups in total. The Kier molecular flexibility index (Phi) is 2.86. The van der Waals surface area contributed by atoms with Gasteiger partial charge in [-0.1, -0.05) is 90.6 Å². The summed E-state index contributed by atoms with van der Waals surface area (Å²) in [7, 11) is 0. The fourth-order valence-corrected chi connectivity index (χ4v) is 6.80. The number of benzene rings is 7. The first kappa shape index (κ1) is 14.6. The minimum absolute atomic E-state index is 0.0397. The Morgan fingerprint density at radius 1 is 0.500 bits per heavy atom. The van der Waals surface area contributed by atoms with E-state index >= 15 is 0 Å². The molecule has 5 aromatic heterocycles. The first-order valence-electron chi connectivity index (χ1n) is 26.1. The average Bonchev–Trinajstić information content (AvgIpc) is 4.18. The maximum absolute atomic E-state index is 9.58. The smallest absolute Gasteiger partial charge is 0.180 e. The quantitative estimate of drug-likeness (QED) is 0.185. The topological polar surface area (TPSA) is 70.1 Å². The molecule has 5 heterocycles. The predicted molar refractivity (Wildman–Crippen MR) is 209 cm³/mol. The summed E-state index contributed by atoms with van der Waals surface area (Å²) in [5.41, 5.74) is -3.21. The molecule has 0 fully saturated rings. The van der Waals surface area contributed by atoms with Crippen molar-refractivity contribution in [2.24, 2.45) is 0 Å². The number of fused-ring (bicyclic) bond motifs is 13. The highest BCUT2D eigenvalue weighted by Gasteiger charge is 2.21. The van der Waals surface area contributed by atoms with Crippen LogP contribution in [-0.2, 0) is 0 Å². The lowest BCUT2D eigenvalue weighted by atomic mass is 9.99. The molecule has 0 saturated heterocycles. The summed E-state index contributed by atoms with van der Waals surface area (Å²) in [4.78, 5) is 8.82. The van der Waals surface area contributed by atoms with Crippen molar-refractivity contribution >= 4 is 87.8 Å². The van der Waals surface area contributed by atoms with Gasteiger partial charge < -0.3 is 17.8 Å². The number of hydrogen-bond acceptors (Lipinski definition) is 5. The van der Waals surface area contributed by atoms with Gasteiger partial charge in [0, 0.05) is 49.1 Å². The van der Waals surface area contributed by atoms with Crippen LogP contribution in [0.15, 0.2) is 165 Å². The van der Waals surface area contributed by atoms with Gasteiger partial charge in [-0.2, -0.15) is 0 Å². The molecule has 6 heteroatoms. The molecule has 12 aromatic rings. The Balaban J connectivity index is 1.14. The summed E-state index contributed by atoms with van der Waals surface area (Å²) < 4.78 is 205. The van der Waals surface area contributed by atoms with E-state index in [1.54, 1.807) is 0 Å². The summed E-state index contributed by atoms with van der Waals surface area (Å²) in [6, 6.07) is -8.91. The Bertz CT molecular complexity index is 4650. The standard InChI is InChI=1S/C46H25N3O3/c1-4-16-36-34(13-1)41-37(21-20-33-31-12-3-6-18-39(31)51-45(33)41)49(36)28-19-22-40-35(24-28)43-46(52-40)42(47-25-48-43)27-10-7-9-26(23-27)29-14-8-15-32-30-11-2-5-17-38(30)50-44(29)32/h1-25H/i1D,2D,3D,4D,5D,6D,7D,8D,9D,10D,11D,12D,13D,14D,15D,16D,17D,18D,20D,21D,23D. The van der Waals surface area contributed by atoms with Crippen molar-refractivity contribution in [3.8, 4) is 28.1 Å². The number of para-hydroxylation sites is 4. The van der Waals surface area contributed by atoms with Crippen molar-refractivity contribution in [3.05, 3.63) is 151 Å². The fourth-order valence-electron chi connectivity index (χ4n) is 6.80. The zero-order valence-electron chi connectivity index (χ0n) is 46.9. The first-order valence-corrected chi connectivity index (χ1v) is 15.6. The van der Waals surface area contributed by atoms with Crippen LogP contribution in [0.5, 0.6) is 0 Å². The van der Waals surface area contributed by atoms with E-state index in [9.17, 15) is 4.11 Å². The van der Waals surface area contributed by atoms with Gasteiger partial charge >= 0.3 is 0 Å². The van der Waals surface area contributed by atoms with Crippen molar-refractivity contribution in [2.45, 2.75) is 0 Å². The van der Waals surface area contributed by atoms with Crippen molar-refractivity contribution < 1.29 is 42.0 Å². The van der Waals surface area contributed by atoms with Crippen LogP contribution >= 0.6 is 0 Å². The van der Waals surface area contributed by atoms with E-state index < -0.39 is 155 Å². The normalized spacial score (nSPS) is 17.9. The van der Waals surface area contributed by atoms with Gasteiger partial charge in [0.15, 0.2) is 5.58 Å². The summed E-state index contributed by atoms with van der Waals surface area (Å²) >= 11 is 0. The number of nitrogens with zero attached hydrogens (tertiary/aromatic N) is 3. The zero-order valence-corrected chi connectivity index (χ0v) is 25.9. The second kappa shape index (κ2) is 10.2. The van der Waals surface area contributed by atoms with Crippen molar-refractivity contribution in [1.29, 1.82) is 0 Å². The van der Waals surface area contributed by atoms with Crippen molar-refractivity contribution in [1.82, 2.24) is 14.5 Å². The number of hydrogen-bond donors (Lipinski definition) is 0. The van der Waals surface area contributed by atoms with Crippen LogP contribution < -0.4 is 0 Å². The largest absolute Gasteiger partial charge is 0.455 e. The second-order valence-corrected chi connectivity index (χ2v) is 11.7. The minimum atomic E-state index is -0.770. The zero-order chi connectivity index (χ0) is 52.2. The maximum atomic E-state index is 9.58. The minimum Gasteiger partial charge on any atom is -0.455 e. The second-order valence-electron chi connectivity index (χ2n) is 11.7. The van der Waals surface area contributed by atoms with Crippen LogP contribution in [0.25, 0.3) is 116 Å². The molecule has 0 spiro atoms. The van der Waals surface area contributed by atoms with E-state index in [1.807, 2.05) is 0 Å². The van der Waals surface area contributed by atoms with Crippen LogP contribution in [-0.4, -0.2) is 14.5 Å². The van der Waals surface area contributed by atoms with Crippen molar-refractivity contribution in [3.63, 3.8) is 0 Å². The SMILES string of the molecule is [2H]c1c([2H])c(-c2ncnc3c2oc2ccc(-n4c5c([2H])c([2H])c([2H])c([2H])c5c5c6oc7c([2H])c([2H])c([2H])c([2H])c7c6c([2H])c([2H])c54)cc23)c([2H])c(-c2c([2H])c([2H])c([2H])c3c2oc2c([2H])c([2H])c([2H])c([2H])c23)c1[2H]. The molecule has 0 aliphatic carbocycles.